The van der Waals surface area contributed by atoms with Crippen LogP contribution in [0.25, 0.3) is 10.9 Å². The summed E-state index contributed by atoms with van der Waals surface area (Å²) in [5.41, 5.74) is 3.27. The summed E-state index contributed by atoms with van der Waals surface area (Å²) in [6, 6.07) is 14.1. The summed E-state index contributed by atoms with van der Waals surface area (Å²) >= 11 is 0. The SMILES string of the molecule is COC(=O)c1ccc(CN(C)C(=O)C(Cc2c[nH]c3ccccc23)NC(C)=O)cc1. The third-order valence-corrected chi connectivity index (χ3v) is 4.95. The number of aromatic nitrogens is 1. The minimum absolute atomic E-state index is 0.187. The first-order chi connectivity index (χ1) is 14.4. The van der Waals surface area contributed by atoms with Gasteiger partial charge in [0.05, 0.1) is 12.7 Å². The first kappa shape index (κ1) is 21.1. The number of methoxy groups -OCH3 is 1. The van der Waals surface area contributed by atoms with E-state index in [0.717, 1.165) is 22.0 Å². The quantitative estimate of drug-likeness (QED) is 0.589. The number of para-hydroxylation sites is 1. The molecule has 1 aromatic heterocycles. The van der Waals surface area contributed by atoms with E-state index in [1.165, 1.54) is 14.0 Å². The van der Waals surface area contributed by atoms with Crippen LogP contribution in [0.2, 0.25) is 0 Å². The molecule has 0 radical (unpaired) electrons. The van der Waals surface area contributed by atoms with E-state index in [1.807, 2.05) is 30.5 Å². The van der Waals surface area contributed by atoms with E-state index in [2.05, 4.69) is 10.3 Å². The largest absolute Gasteiger partial charge is 0.465 e. The van der Waals surface area contributed by atoms with Crippen molar-refractivity contribution in [2.45, 2.75) is 25.9 Å². The monoisotopic (exact) mass is 407 g/mol. The van der Waals surface area contributed by atoms with Crippen LogP contribution in [0.15, 0.2) is 54.7 Å². The fourth-order valence-electron chi connectivity index (χ4n) is 3.45. The predicted octanol–water partition coefficient (Wildman–Crippen LogP) is 2.66. The lowest BCUT2D eigenvalue weighted by Gasteiger charge is -2.24. The first-order valence-electron chi connectivity index (χ1n) is 9.63. The molecule has 0 aliphatic carbocycles. The number of amides is 2. The van der Waals surface area contributed by atoms with Crippen molar-refractivity contribution in [3.05, 3.63) is 71.4 Å². The van der Waals surface area contributed by atoms with E-state index in [-0.39, 0.29) is 11.8 Å². The summed E-state index contributed by atoms with van der Waals surface area (Å²) in [4.78, 5) is 41.2. The lowest BCUT2D eigenvalue weighted by atomic mass is 10.0. The molecule has 0 bridgehead atoms. The predicted molar refractivity (Wildman–Crippen MR) is 114 cm³/mol. The number of fused-ring (bicyclic) bond motifs is 1. The topological polar surface area (TPSA) is 91.5 Å². The molecule has 0 saturated heterocycles. The van der Waals surface area contributed by atoms with Gasteiger partial charge in [-0.3, -0.25) is 9.59 Å². The highest BCUT2D eigenvalue weighted by molar-refractivity contribution is 5.90. The molecule has 0 spiro atoms. The van der Waals surface area contributed by atoms with Crippen LogP contribution in [0.3, 0.4) is 0 Å². The number of likely N-dealkylation sites (N-methyl/N-ethyl adjacent to an activating group) is 1. The molecular formula is C23H25N3O4. The molecule has 7 nitrogen and oxygen atoms in total. The summed E-state index contributed by atoms with van der Waals surface area (Å²) < 4.78 is 4.70. The Morgan fingerprint density at radius 3 is 2.47 bits per heavy atom. The van der Waals surface area contributed by atoms with Gasteiger partial charge >= 0.3 is 5.97 Å². The minimum Gasteiger partial charge on any atom is -0.465 e. The van der Waals surface area contributed by atoms with E-state index in [9.17, 15) is 14.4 Å². The molecule has 1 heterocycles. The van der Waals surface area contributed by atoms with Gasteiger partial charge in [0.15, 0.2) is 0 Å². The Morgan fingerprint density at radius 2 is 1.80 bits per heavy atom. The maximum Gasteiger partial charge on any atom is 0.337 e. The number of H-pyrrole nitrogens is 1. The summed E-state index contributed by atoms with van der Waals surface area (Å²) in [5, 5.41) is 3.81. The molecule has 3 rings (SSSR count). The smallest absolute Gasteiger partial charge is 0.337 e. The number of hydrogen-bond acceptors (Lipinski definition) is 4. The molecule has 30 heavy (non-hydrogen) atoms. The van der Waals surface area contributed by atoms with Gasteiger partial charge in [-0.25, -0.2) is 4.79 Å². The van der Waals surface area contributed by atoms with Gasteiger partial charge in [-0.05, 0) is 29.3 Å². The molecule has 0 aliphatic rings. The van der Waals surface area contributed by atoms with Crippen LogP contribution < -0.4 is 5.32 Å². The lowest BCUT2D eigenvalue weighted by Crippen LogP contribution is -2.47. The second-order valence-corrected chi connectivity index (χ2v) is 7.20. The van der Waals surface area contributed by atoms with E-state index in [1.54, 1.807) is 36.2 Å². The number of ether oxygens (including phenoxy) is 1. The Kier molecular flexibility index (Phi) is 6.51. The van der Waals surface area contributed by atoms with Gasteiger partial charge in [-0.1, -0.05) is 30.3 Å². The number of benzene rings is 2. The molecule has 2 aromatic carbocycles. The zero-order valence-electron chi connectivity index (χ0n) is 17.3. The zero-order chi connectivity index (χ0) is 21.7. The van der Waals surface area contributed by atoms with Crippen molar-refractivity contribution < 1.29 is 19.1 Å². The van der Waals surface area contributed by atoms with E-state index < -0.39 is 12.0 Å². The zero-order valence-corrected chi connectivity index (χ0v) is 17.3. The Hall–Kier alpha value is -3.61. The van der Waals surface area contributed by atoms with E-state index in [0.29, 0.717) is 18.5 Å². The maximum absolute atomic E-state index is 13.1. The number of rotatable bonds is 7. The Balaban J connectivity index is 1.74. The molecule has 2 amide bonds. The van der Waals surface area contributed by atoms with Crippen LogP contribution in [-0.4, -0.2) is 47.9 Å². The molecule has 1 atom stereocenters. The van der Waals surface area contributed by atoms with Gasteiger partial charge in [0, 0.05) is 44.0 Å². The molecule has 0 fully saturated rings. The van der Waals surface area contributed by atoms with Crippen LogP contribution in [-0.2, 0) is 27.3 Å². The fraction of sp³-hybridized carbons (Fsp3) is 0.261. The lowest BCUT2D eigenvalue weighted by molar-refractivity contribution is -0.135. The van der Waals surface area contributed by atoms with Crippen molar-refractivity contribution in [3.63, 3.8) is 0 Å². The van der Waals surface area contributed by atoms with Gasteiger partial charge in [0.25, 0.3) is 0 Å². The maximum atomic E-state index is 13.1. The van der Waals surface area contributed by atoms with Crippen molar-refractivity contribution in [2.75, 3.05) is 14.2 Å². The number of nitrogens with zero attached hydrogens (tertiary/aromatic N) is 1. The van der Waals surface area contributed by atoms with Crippen molar-refractivity contribution in [1.29, 1.82) is 0 Å². The van der Waals surface area contributed by atoms with Gasteiger partial charge < -0.3 is 19.9 Å². The number of nitrogens with one attached hydrogen (secondary N) is 2. The van der Waals surface area contributed by atoms with Crippen LogP contribution in [0.5, 0.6) is 0 Å². The molecule has 0 aliphatic heterocycles. The number of hydrogen-bond donors (Lipinski definition) is 2. The number of carbonyl (C=O) groups excluding carboxylic acids is 3. The van der Waals surface area contributed by atoms with Crippen LogP contribution in [0, 0.1) is 0 Å². The minimum atomic E-state index is -0.680. The molecule has 0 saturated carbocycles. The Morgan fingerprint density at radius 1 is 1.10 bits per heavy atom. The molecule has 156 valence electrons. The Labute approximate surface area is 175 Å². The summed E-state index contributed by atoms with van der Waals surface area (Å²) in [6.45, 7) is 1.76. The summed E-state index contributed by atoms with van der Waals surface area (Å²) in [5.74, 6) is -0.855. The van der Waals surface area contributed by atoms with E-state index in [4.69, 9.17) is 4.74 Å². The molecule has 7 heteroatoms. The highest BCUT2D eigenvalue weighted by atomic mass is 16.5. The van der Waals surface area contributed by atoms with Crippen molar-refractivity contribution in [2.24, 2.45) is 0 Å². The number of carbonyl (C=O) groups is 3. The van der Waals surface area contributed by atoms with Crippen molar-refractivity contribution >= 4 is 28.7 Å². The first-order valence-corrected chi connectivity index (χ1v) is 9.63. The van der Waals surface area contributed by atoms with Gasteiger partial charge in [-0.2, -0.15) is 0 Å². The standard InChI is InChI=1S/C23H25N3O4/c1-15(27)25-21(12-18-13-24-20-7-5-4-6-19(18)20)22(28)26(2)14-16-8-10-17(11-9-16)23(29)30-3/h4-11,13,21,24H,12,14H2,1-3H3,(H,25,27). The normalized spacial score (nSPS) is 11.7. The second kappa shape index (κ2) is 9.26. The molecular weight excluding hydrogens is 382 g/mol. The average Bonchev–Trinajstić information content (AvgIpc) is 3.15. The van der Waals surface area contributed by atoms with Gasteiger partial charge in [0.2, 0.25) is 11.8 Å². The molecule has 2 N–H and O–H groups in total. The summed E-state index contributed by atoms with van der Waals surface area (Å²) in [7, 11) is 3.03. The third-order valence-electron chi connectivity index (χ3n) is 4.95. The van der Waals surface area contributed by atoms with Gasteiger partial charge in [-0.15, -0.1) is 0 Å². The highest BCUT2D eigenvalue weighted by Crippen LogP contribution is 2.20. The van der Waals surface area contributed by atoms with E-state index >= 15 is 0 Å². The Bertz CT molecular complexity index is 1060. The number of aromatic amines is 1. The van der Waals surface area contributed by atoms with Crippen LogP contribution >= 0.6 is 0 Å². The highest BCUT2D eigenvalue weighted by Gasteiger charge is 2.24. The second-order valence-electron chi connectivity index (χ2n) is 7.20. The van der Waals surface area contributed by atoms with Crippen molar-refractivity contribution in [3.8, 4) is 0 Å². The van der Waals surface area contributed by atoms with Crippen LogP contribution in [0.4, 0.5) is 0 Å². The third kappa shape index (κ3) is 4.86. The van der Waals surface area contributed by atoms with Crippen LogP contribution in [0.1, 0.15) is 28.4 Å². The van der Waals surface area contributed by atoms with Gasteiger partial charge in [0.1, 0.15) is 6.04 Å². The average molecular weight is 407 g/mol. The fourth-order valence-corrected chi connectivity index (χ4v) is 3.45. The summed E-state index contributed by atoms with van der Waals surface area (Å²) in [6.07, 6.45) is 2.26. The number of esters is 1. The van der Waals surface area contributed by atoms with Crippen molar-refractivity contribution in [1.82, 2.24) is 15.2 Å². The molecule has 3 aromatic rings. The molecule has 1 unspecified atom stereocenters.